The van der Waals surface area contributed by atoms with Gasteiger partial charge in [-0.15, -0.1) is 0 Å². The number of pyridine rings is 1. The van der Waals surface area contributed by atoms with E-state index in [2.05, 4.69) is 9.88 Å². The standard InChI is InChI=1S/C16H20N2O2/c1-12(19)16-14(7-4-8-15(16)20-3)18(2)11-13-6-5-9-17-10-13/h4-10,12,19H,11H2,1-3H3/t12-/m0/s1. The Morgan fingerprint density at radius 1 is 1.30 bits per heavy atom. The summed E-state index contributed by atoms with van der Waals surface area (Å²) in [7, 11) is 3.61. The summed E-state index contributed by atoms with van der Waals surface area (Å²) in [4.78, 5) is 6.21. The van der Waals surface area contributed by atoms with Crippen LogP contribution in [0.2, 0.25) is 0 Å². The molecule has 1 N–H and O–H groups in total. The smallest absolute Gasteiger partial charge is 0.126 e. The first-order valence-corrected chi connectivity index (χ1v) is 6.58. The summed E-state index contributed by atoms with van der Waals surface area (Å²) in [5.41, 5.74) is 2.89. The molecular formula is C16H20N2O2. The van der Waals surface area contributed by atoms with Crippen molar-refractivity contribution in [3.05, 3.63) is 53.9 Å². The number of benzene rings is 1. The molecule has 1 aromatic carbocycles. The number of rotatable bonds is 5. The summed E-state index contributed by atoms with van der Waals surface area (Å²) < 4.78 is 5.35. The second-order valence-electron chi connectivity index (χ2n) is 4.79. The zero-order valence-corrected chi connectivity index (χ0v) is 12.1. The summed E-state index contributed by atoms with van der Waals surface area (Å²) in [6.45, 7) is 2.47. The zero-order valence-electron chi connectivity index (χ0n) is 12.1. The Morgan fingerprint density at radius 3 is 2.70 bits per heavy atom. The Morgan fingerprint density at radius 2 is 2.10 bits per heavy atom. The van der Waals surface area contributed by atoms with Crippen LogP contribution in [0.1, 0.15) is 24.2 Å². The molecule has 0 fully saturated rings. The molecule has 20 heavy (non-hydrogen) atoms. The third kappa shape index (κ3) is 3.08. The molecule has 1 aromatic heterocycles. The van der Waals surface area contributed by atoms with Crippen molar-refractivity contribution >= 4 is 5.69 Å². The largest absolute Gasteiger partial charge is 0.496 e. The molecule has 4 heteroatoms. The third-order valence-electron chi connectivity index (χ3n) is 3.23. The van der Waals surface area contributed by atoms with E-state index in [-0.39, 0.29) is 0 Å². The van der Waals surface area contributed by atoms with Crippen molar-refractivity contribution in [3.63, 3.8) is 0 Å². The molecule has 0 spiro atoms. The van der Waals surface area contributed by atoms with Gasteiger partial charge >= 0.3 is 0 Å². The van der Waals surface area contributed by atoms with E-state index < -0.39 is 6.10 Å². The number of ether oxygens (including phenoxy) is 1. The number of methoxy groups -OCH3 is 1. The maximum absolute atomic E-state index is 10.0. The highest BCUT2D eigenvalue weighted by molar-refractivity contribution is 5.60. The van der Waals surface area contributed by atoms with Gasteiger partial charge in [-0.25, -0.2) is 0 Å². The molecule has 0 unspecified atom stereocenters. The first-order valence-electron chi connectivity index (χ1n) is 6.58. The molecule has 2 aromatic rings. The summed E-state index contributed by atoms with van der Waals surface area (Å²) in [6, 6.07) is 9.74. The molecule has 0 bridgehead atoms. The van der Waals surface area contributed by atoms with Crippen LogP contribution >= 0.6 is 0 Å². The van der Waals surface area contributed by atoms with Crippen molar-refractivity contribution in [1.82, 2.24) is 4.98 Å². The zero-order chi connectivity index (χ0) is 14.5. The topological polar surface area (TPSA) is 45.6 Å². The van der Waals surface area contributed by atoms with Crippen molar-refractivity contribution in [2.75, 3.05) is 19.1 Å². The number of aliphatic hydroxyl groups is 1. The van der Waals surface area contributed by atoms with Gasteiger partial charge in [-0.2, -0.15) is 0 Å². The maximum atomic E-state index is 10.0. The van der Waals surface area contributed by atoms with E-state index in [1.54, 1.807) is 20.2 Å². The SMILES string of the molecule is COc1cccc(N(C)Cc2cccnc2)c1[C@H](C)O. The molecule has 0 aliphatic carbocycles. The van der Waals surface area contributed by atoms with E-state index in [0.717, 1.165) is 23.4 Å². The van der Waals surface area contributed by atoms with Gasteiger partial charge in [-0.3, -0.25) is 4.98 Å². The second kappa shape index (κ2) is 6.39. The molecule has 1 atom stereocenters. The van der Waals surface area contributed by atoms with Crippen LogP contribution in [-0.4, -0.2) is 24.2 Å². The molecule has 0 saturated carbocycles. The lowest BCUT2D eigenvalue weighted by molar-refractivity contribution is 0.194. The van der Waals surface area contributed by atoms with Crippen molar-refractivity contribution in [2.24, 2.45) is 0 Å². The molecule has 1 heterocycles. The van der Waals surface area contributed by atoms with Gasteiger partial charge in [-0.05, 0) is 30.7 Å². The minimum atomic E-state index is -0.586. The minimum absolute atomic E-state index is 0.586. The number of hydrogen-bond acceptors (Lipinski definition) is 4. The fourth-order valence-corrected chi connectivity index (χ4v) is 2.31. The van der Waals surface area contributed by atoms with Crippen LogP contribution in [-0.2, 0) is 6.54 Å². The van der Waals surface area contributed by atoms with Crippen molar-refractivity contribution < 1.29 is 9.84 Å². The summed E-state index contributed by atoms with van der Waals surface area (Å²) in [5, 5.41) is 10.0. The number of hydrogen-bond donors (Lipinski definition) is 1. The Hall–Kier alpha value is -2.07. The predicted octanol–water partition coefficient (Wildman–Crippen LogP) is 2.78. The van der Waals surface area contributed by atoms with Gasteiger partial charge in [0.25, 0.3) is 0 Å². The first kappa shape index (κ1) is 14.3. The Balaban J connectivity index is 2.32. The van der Waals surface area contributed by atoms with Gasteiger partial charge in [0.1, 0.15) is 5.75 Å². The summed E-state index contributed by atoms with van der Waals surface area (Å²) in [6.07, 6.45) is 3.02. The molecule has 106 valence electrons. The van der Waals surface area contributed by atoms with Crippen LogP contribution in [0.15, 0.2) is 42.7 Å². The fourth-order valence-electron chi connectivity index (χ4n) is 2.31. The van der Waals surface area contributed by atoms with Crippen molar-refractivity contribution in [2.45, 2.75) is 19.6 Å². The molecular weight excluding hydrogens is 252 g/mol. The average Bonchev–Trinajstić information content (AvgIpc) is 2.47. The monoisotopic (exact) mass is 272 g/mol. The van der Waals surface area contributed by atoms with Crippen LogP contribution in [0.3, 0.4) is 0 Å². The Kier molecular flexibility index (Phi) is 4.58. The fraction of sp³-hybridized carbons (Fsp3) is 0.312. The van der Waals surface area contributed by atoms with E-state index in [9.17, 15) is 5.11 Å². The number of aliphatic hydroxyl groups excluding tert-OH is 1. The molecule has 0 amide bonds. The summed E-state index contributed by atoms with van der Waals surface area (Å²) in [5.74, 6) is 0.704. The molecule has 2 rings (SSSR count). The van der Waals surface area contributed by atoms with Crippen LogP contribution in [0, 0.1) is 0 Å². The van der Waals surface area contributed by atoms with Crippen molar-refractivity contribution in [3.8, 4) is 5.75 Å². The van der Waals surface area contributed by atoms with Crippen molar-refractivity contribution in [1.29, 1.82) is 0 Å². The number of aromatic nitrogens is 1. The molecule has 0 aliphatic heterocycles. The maximum Gasteiger partial charge on any atom is 0.126 e. The first-order chi connectivity index (χ1) is 9.63. The van der Waals surface area contributed by atoms with Crippen LogP contribution in [0.25, 0.3) is 0 Å². The van der Waals surface area contributed by atoms with E-state index in [0.29, 0.717) is 5.75 Å². The normalized spacial score (nSPS) is 12.0. The van der Waals surface area contributed by atoms with E-state index >= 15 is 0 Å². The van der Waals surface area contributed by atoms with Gasteiger partial charge in [-0.1, -0.05) is 12.1 Å². The highest BCUT2D eigenvalue weighted by atomic mass is 16.5. The lowest BCUT2D eigenvalue weighted by Crippen LogP contribution is -2.19. The van der Waals surface area contributed by atoms with E-state index in [1.165, 1.54) is 0 Å². The van der Waals surface area contributed by atoms with Crippen LogP contribution in [0.4, 0.5) is 5.69 Å². The van der Waals surface area contributed by atoms with Crippen LogP contribution < -0.4 is 9.64 Å². The lowest BCUT2D eigenvalue weighted by atomic mass is 10.1. The Bertz CT molecular complexity index is 556. The number of anilines is 1. The highest BCUT2D eigenvalue weighted by Gasteiger charge is 2.16. The number of nitrogens with zero attached hydrogens (tertiary/aromatic N) is 2. The van der Waals surface area contributed by atoms with Crippen LogP contribution in [0.5, 0.6) is 5.75 Å². The molecule has 0 aliphatic rings. The van der Waals surface area contributed by atoms with Gasteiger partial charge < -0.3 is 14.7 Å². The molecule has 4 nitrogen and oxygen atoms in total. The van der Waals surface area contributed by atoms with Gasteiger partial charge in [0.15, 0.2) is 0 Å². The van der Waals surface area contributed by atoms with Gasteiger partial charge in [0, 0.05) is 37.2 Å². The molecule has 0 saturated heterocycles. The third-order valence-corrected chi connectivity index (χ3v) is 3.23. The average molecular weight is 272 g/mol. The van der Waals surface area contributed by atoms with E-state index in [1.807, 2.05) is 43.6 Å². The minimum Gasteiger partial charge on any atom is -0.496 e. The highest BCUT2D eigenvalue weighted by Crippen LogP contribution is 2.34. The second-order valence-corrected chi connectivity index (χ2v) is 4.79. The van der Waals surface area contributed by atoms with E-state index in [4.69, 9.17) is 4.74 Å². The van der Waals surface area contributed by atoms with Gasteiger partial charge in [0.05, 0.1) is 13.2 Å². The quantitative estimate of drug-likeness (QED) is 0.909. The Labute approximate surface area is 119 Å². The lowest BCUT2D eigenvalue weighted by Gasteiger charge is -2.25. The predicted molar refractivity (Wildman–Crippen MR) is 80.0 cm³/mol. The molecule has 0 radical (unpaired) electrons. The summed E-state index contributed by atoms with van der Waals surface area (Å²) >= 11 is 0. The van der Waals surface area contributed by atoms with Gasteiger partial charge in [0.2, 0.25) is 0 Å².